The summed E-state index contributed by atoms with van der Waals surface area (Å²) in [5, 5.41) is 0. The molecule has 19 heavy (non-hydrogen) atoms. The molecule has 0 spiro atoms. The number of carbonyl (C=O) groups is 1. The average Bonchev–Trinajstić information content (AvgIpc) is 2.45. The second-order valence-electron chi connectivity index (χ2n) is 4.38. The van der Waals surface area contributed by atoms with Gasteiger partial charge in [0.1, 0.15) is 6.29 Å². The Bertz CT molecular complexity index is 781. The molecule has 3 rings (SSSR count). The van der Waals surface area contributed by atoms with Crippen LogP contribution in [0.15, 0.2) is 52.3 Å². The fourth-order valence-corrected chi connectivity index (χ4v) is 4.05. The van der Waals surface area contributed by atoms with Crippen LogP contribution in [-0.4, -0.2) is 21.8 Å². The van der Waals surface area contributed by atoms with Crippen molar-refractivity contribution >= 4 is 27.5 Å². The van der Waals surface area contributed by atoms with E-state index in [1.54, 1.807) is 36.4 Å². The molecule has 0 saturated carbocycles. The number of hydrogen-bond donors (Lipinski definition) is 0. The van der Waals surface area contributed by atoms with E-state index in [-0.39, 0.29) is 9.79 Å². The van der Waals surface area contributed by atoms with E-state index in [9.17, 15) is 13.2 Å². The molecule has 0 bridgehead atoms. The summed E-state index contributed by atoms with van der Waals surface area (Å²) in [7, 11) is -1.75. The number of fused-ring (bicyclic) bond motifs is 2. The van der Waals surface area contributed by atoms with Gasteiger partial charge in [0.2, 0.25) is 9.84 Å². The quantitative estimate of drug-likeness (QED) is 0.749. The van der Waals surface area contributed by atoms with Crippen LogP contribution in [0.25, 0.3) is 0 Å². The molecule has 0 N–H and O–H groups in total. The minimum absolute atomic E-state index is 0.179. The molecule has 0 radical (unpaired) electrons. The van der Waals surface area contributed by atoms with Crippen molar-refractivity contribution in [2.24, 2.45) is 0 Å². The monoisotopic (exact) mass is 273 g/mol. The molecule has 1 aliphatic heterocycles. The zero-order valence-electron chi connectivity index (χ0n) is 10.2. The smallest absolute Gasteiger partial charge is 0.210 e. The van der Waals surface area contributed by atoms with Gasteiger partial charge in [-0.05, 0) is 30.3 Å². The lowest BCUT2D eigenvalue weighted by Crippen LogP contribution is -2.22. The summed E-state index contributed by atoms with van der Waals surface area (Å²) in [4.78, 5) is 13.1. The number of carbonyl (C=O) groups excluding carboxylic acids is 1. The standard InChI is InChI=1S/C14H11NO3S/c1-15-11-4-2-3-5-13(11)19(17,18)14-8-10(9-16)6-7-12(14)15/h2-9H,1H3. The van der Waals surface area contributed by atoms with Gasteiger partial charge in [0, 0.05) is 12.6 Å². The molecule has 5 heteroatoms. The van der Waals surface area contributed by atoms with E-state index in [1.165, 1.54) is 6.07 Å². The highest BCUT2D eigenvalue weighted by molar-refractivity contribution is 7.92. The van der Waals surface area contributed by atoms with Gasteiger partial charge >= 0.3 is 0 Å². The van der Waals surface area contributed by atoms with Crippen molar-refractivity contribution in [3.8, 4) is 0 Å². The molecule has 0 saturated heterocycles. The largest absolute Gasteiger partial charge is 0.342 e. The summed E-state index contributed by atoms with van der Waals surface area (Å²) < 4.78 is 25.1. The normalized spacial score (nSPS) is 15.5. The molecule has 4 nitrogen and oxygen atoms in total. The van der Waals surface area contributed by atoms with E-state index in [1.807, 2.05) is 11.9 Å². The van der Waals surface area contributed by atoms with E-state index in [2.05, 4.69) is 0 Å². The SMILES string of the molecule is CN1c2ccccc2S(=O)(=O)c2cc(C=O)ccc21. The second kappa shape index (κ2) is 3.93. The van der Waals surface area contributed by atoms with Crippen LogP contribution in [0.3, 0.4) is 0 Å². The number of hydrogen-bond acceptors (Lipinski definition) is 4. The molecule has 2 aromatic carbocycles. The molecule has 0 aliphatic carbocycles. The Morgan fingerprint density at radius 3 is 2.42 bits per heavy atom. The third-order valence-electron chi connectivity index (χ3n) is 3.29. The van der Waals surface area contributed by atoms with Gasteiger partial charge in [0.25, 0.3) is 0 Å². The van der Waals surface area contributed by atoms with Crippen LogP contribution in [0.1, 0.15) is 10.4 Å². The lowest BCUT2D eigenvalue weighted by molar-refractivity contribution is 0.112. The zero-order chi connectivity index (χ0) is 13.6. The maximum atomic E-state index is 12.6. The molecule has 1 heterocycles. The first kappa shape index (κ1) is 11.9. The van der Waals surface area contributed by atoms with E-state index in [0.29, 0.717) is 23.2 Å². The van der Waals surface area contributed by atoms with Crippen molar-refractivity contribution in [1.29, 1.82) is 0 Å². The summed E-state index contributed by atoms with van der Waals surface area (Å²) in [6, 6.07) is 11.5. The number of para-hydroxylation sites is 1. The van der Waals surface area contributed by atoms with Crippen molar-refractivity contribution in [3.63, 3.8) is 0 Å². The first-order valence-corrected chi connectivity index (χ1v) is 7.21. The minimum Gasteiger partial charge on any atom is -0.342 e. The van der Waals surface area contributed by atoms with Crippen LogP contribution in [0.4, 0.5) is 11.4 Å². The van der Waals surface area contributed by atoms with E-state index in [0.717, 1.165) is 0 Å². The van der Waals surface area contributed by atoms with Gasteiger partial charge < -0.3 is 4.90 Å². The lowest BCUT2D eigenvalue weighted by atomic mass is 10.2. The Kier molecular flexibility index (Phi) is 2.46. The Balaban J connectivity index is 2.38. The summed E-state index contributed by atoms with van der Waals surface area (Å²) in [5.74, 6) is 0. The van der Waals surface area contributed by atoms with Gasteiger partial charge in [-0.1, -0.05) is 12.1 Å². The number of sulfone groups is 1. The van der Waals surface area contributed by atoms with Crippen molar-refractivity contribution in [3.05, 3.63) is 48.0 Å². The van der Waals surface area contributed by atoms with Gasteiger partial charge in [-0.15, -0.1) is 0 Å². The van der Waals surface area contributed by atoms with Crippen LogP contribution in [0.5, 0.6) is 0 Å². The number of anilines is 2. The van der Waals surface area contributed by atoms with Gasteiger partial charge in [0.15, 0.2) is 0 Å². The van der Waals surface area contributed by atoms with Crippen molar-refractivity contribution in [1.82, 2.24) is 0 Å². The van der Waals surface area contributed by atoms with Crippen molar-refractivity contribution in [2.45, 2.75) is 9.79 Å². The highest BCUT2D eigenvalue weighted by Crippen LogP contribution is 2.42. The summed E-state index contributed by atoms with van der Waals surface area (Å²) in [5.41, 5.74) is 1.59. The van der Waals surface area contributed by atoms with E-state index < -0.39 is 9.84 Å². The van der Waals surface area contributed by atoms with Crippen LogP contribution < -0.4 is 4.90 Å². The molecule has 0 atom stereocenters. The Labute approximate surface area is 111 Å². The molecule has 96 valence electrons. The minimum atomic E-state index is -3.57. The summed E-state index contributed by atoms with van der Waals surface area (Å²) in [6.07, 6.45) is 0.649. The Hall–Kier alpha value is -2.14. The van der Waals surface area contributed by atoms with Gasteiger partial charge in [-0.3, -0.25) is 4.79 Å². The molecule has 0 amide bonds. The molecular formula is C14H11NO3S. The highest BCUT2D eigenvalue weighted by Gasteiger charge is 2.32. The first-order chi connectivity index (χ1) is 9.05. The van der Waals surface area contributed by atoms with E-state index >= 15 is 0 Å². The van der Waals surface area contributed by atoms with Gasteiger partial charge in [-0.25, -0.2) is 8.42 Å². The zero-order valence-corrected chi connectivity index (χ0v) is 11.0. The van der Waals surface area contributed by atoms with Gasteiger partial charge in [0.05, 0.1) is 21.2 Å². The first-order valence-electron chi connectivity index (χ1n) is 5.73. The number of nitrogens with zero attached hydrogens (tertiary/aromatic N) is 1. The maximum absolute atomic E-state index is 12.6. The molecule has 1 aliphatic rings. The van der Waals surface area contributed by atoms with Crippen LogP contribution in [-0.2, 0) is 9.84 Å². The van der Waals surface area contributed by atoms with Crippen LogP contribution in [0, 0.1) is 0 Å². The fraction of sp³-hybridized carbons (Fsp3) is 0.0714. The molecule has 0 fully saturated rings. The number of rotatable bonds is 1. The highest BCUT2D eigenvalue weighted by atomic mass is 32.2. The number of aldehydes is 1. The van der Waals surface area contributed by atoms with Crippen LogP contribution >= 0.6 is 0 Å². The van der Waals surface area contributed by atoms with E-state index in [4.69, 9.17) is 0 Å². The molecule has 2 aromatic rings. The van der Waals surface area contributed by atoms with Gasteiger partial charge in [-0.2, -0.15) is 0 Å². The lowest BCUT2D eigenvalue weighted by Gasteiger charge is -2.29. The fourth-order valence-electron chi connectivity index (χ4n) is 2.31. The van der Waals surface area contributed by atoms with Crippen LogP contribution in [0.2, 0.25) is 0 Å². The topological polar surface area (TPSA) is 54.5 Å². The maximum Gasteiger partial charge on any atom is 0.210 e. The molecule has 0 unspecified atom stereocenters. The predicted molar refractivity (Wildman–Crippen MR) is 71.8 cm³/mol. The third kappa shape index (κ3) is 1.58. The second-order valence-corrected chi connectivity index (χ2v) is 6.26. The van der Waals surface area contributed by atoms with Crippen molar-refractivity contribution in [2.75, 3.05) is 11.9 Å². The van der Waals surface area contributed by atoms with Crippen molar-refractivity contribution < 1.29 is 13.2 Å². The Morgan fingerprint density at radius 1 is 1.00 bits per heavy atom. The third-order valence-corrected chi connectivity index (χ3v) is 5.12. The average molecular weight is 273 g/mol. The summed E-state index contributed by atoms with van der Waals surface area (Å²) >= 11 is 0. The predicted octanol–water partition coefficient (Wildman–Crippen LogP) is 2.41. The molecular weight excluding hydrogens is 262 g/mol. The molecule has 0 aromatic heterocycles. The number of benzene rings is 2. The summed E-state index contributed by atoms with van der Waals surface area (Å²) in [6.45, 7) is 0. The Morgan fingerprint density at radius 2 is 1.68 bits per heavy atom.